The number of rotatable bonds is 5. The number of anilines is 1. The van der Waals surface area contributed by atoms with Gasteiger partial charge in [-0.15, -0.1) is 0 Å². The van der Waals surface area contributed by atoms with E-state index in [1.54, 1.807) is 30.4 Å². The third kappa shape index (κ3) is 4.46. The molecule has 0 aliphatic rings. The van der Waals surface area contributed by atoms with Gasteiger partial charge in [-0.1, -0.05) is 23.7 Å². The largest absolute Gasteiger partial charge is 0.333 e. The van der Waals surface area contributed by atoms with Gasteiger partial charge >= 0.3 is 0 Å². The van der Waals surface area contributed by atoms with Gasteiger partial charge in [-0.25, -0.2) is 13.2 Å². The Morgan fingerprint density at radius 3 is 2.65 bits per heavy atom. The van der Waals surface area contributed by atoms with Gasteiger partial charge in [0.05, 0.1) is 5.69 Å². The van der Waals surface area contributed by atoms with Crippen LogP contribution in [0.3, 0.4) is 0 Å². The molecule has 2 aromatic rings. The zero-order valence-corrected chi connectivity index (χ0v) is 13.0. The van der Waals surface area contributed by atoms with E-state index in [9.17, 15) is 18.0 Å². The van der Waals surface area contributed by atoms with Crippen LogP contribution in [0.4, 0.5) is 18.9 Å². The summed E-state index contributed by atoms with van der Waals surface area (Å²) in [5.74, 6) is -4.85. The highest BCUT2D eigenvalue weighted by molar-refractivity contribution is 6.30. The van der Waals surface area contributed by atoms with Crippen molar-refractivity contribution < 1.29 is 23.3 Å². The van der Waals surface area contributed by atoms with Crippen LogP contribution in [0, 0.1) is 17.5 Å². The number of nitrogens with one attached hydrogen (secondary N) is 1. The quantitative estimate of drug-likeness (QED) is 0.806. The molecule has 0 radical (unpaired) electrons. The molecule has 0 saturated carbocycles. The lowest BCUT2D eigenvalue weighted by Gasteiger charge is -2.12. The Balaban J connectivity index is 1.96. The Labute approximate surface area is 136 Å². The van der Waals surface area contributed by atoms with E-state index in [0.29, 0.717) is 11.6 Å². The maximum Gasteiger partial charge on any atom is 0.282 e. The van der Waals surface area contributed by atoms with Gasteiger partial charge in [-0.05, 0) is 31.2 Å². The molecular weight excluding hydrogens is 329 g/mol. The molecule has 0 unspecified atom stereocenters. The lowest BCUT2D eigenvalue weighted by atomic mass is 10.2. The van der Waals surface area contributed by atoms with E-state index in [-0.39, 0.29) is 0 Å². The van der Waals surface area contributed by atoms with Crippen LogP contribution in [0.5, 0.6) is 0 Å². The van der Waals surface area contributed by atoms with E-state index in [0.717, 1.165) is 17.7 Å². The molecule has 0 aliphatic heterocycles. The SMILES string of the molecule is C[C@H]([NH2+]Cc1cccc(Cl)c1)C(=O)Nc1ccc(F)c(F)c1F. The number of benzene rings is 2. The number of hydrogen-bond donors (Lipinski definition) is 2. The van der Waals surface area contributed by atoms with Gasteiger partial charge in [0.1, 0.15) is 6.54 Å². The van der Waals surface area contributed by atoms with Crippen molar-refractivity contribution in [2.24, 2.45) is 0 Å². The van der Waals surface area contributed by atoms with Crippen LogP contribution >= 0.6 is 11.6 Å². The molecule has 1 atom stereocenters. The molecule has 0 aromatic heterocycles. The van der Waals surface area contributed by atoms with Crippen LogP contribution < -0.4 is 10.6 Å². The van der Waals surface area contributed by atoms with E-state index >= 15 is 0 Å². The molecule has 0 spiro atoms. The predicted molar refractivity (Wildman–Crippen MR) is 81.5 cm³/mol. The molecule has 0 heterocycles. The summed E-state index contributed by atoms with van der Waals surface area (Å²) in [7, 11) is 0. The standard InChI is InChI=1S/C16H14ClF3N2O/c1-9(21-8-10-3-2-4-11(17)7-10)16(23)22-13-6-5-12(18)14(19)15(13)20/h2-7,9,21H,8H2,1H3,(H,22,23)/p+1/t9-/m0/s1. The summed E-state index contributed by atoms with van der Waals surface area (Å²) in [5.41, 5.74) is 0.535. The molecule has 23 heavy (non-hydrogen) atoms. The summed E-state index contributed by atoms with van der Waals surface area (Å²) < 4.78 is 39.5. The Morgan fingerprint density at radius 1 is 1.22 bits per heavy atom. The van der Waals surface area contributed by atoms with Crippen LogP contribution in [-0.2, 0) is 11.3 Å². The molecule has 0 aliphatic carbocycles. The Hall–Kier alpha value is -2.05. The van der Waals surface area contributed by atoms with Crippen molar-refractivity contribution in [1.82, 2.24) is 0 Å². The summed E-state index contributed by atoms with van der Waals surface area (Å²) in [6.07, 6.45) is 0. The van der Waals surface area contributed by atoms with Crippen molar-refractivity contribution in [3.05, 3.63) is 64.4 Å². The van der Waals surface area contributed by atoms with Crippen LogP contribution in [-0.4, -0.2) is 11.9 Å². The number of nitrogens with two attached hydrogens (primary N) is 1. The van der Waals surface area contributed by atoms with Gasteiger partial charge in [-0.2, -0.15) is 0 Å². The van der Waals surface area contributed by atoms with Crippen molar-refractivity contribution in [2.45, 2.75) is 19.5 Å². The fourth-order valence-corrected chi connectivity index (χ4v) is 2.17. The van der Waals surface area contributed by atoms with Crippen molar-refractivity contribution in [3.63, 3.8) is 0 Å². The van der Waals surface area contributed by atoms with E-state index < -0.39 is 35.1 Å². The van der Waals surface area contributed by atoms with Crippen molar-refractivity contribution >= 4 is 23.2 Å². The number of carbonyl (C=O) groups is 1. The second-order valence-corrected chi connectivity index (χ2v) is 5.51. The number of quaternary nitrogens is 1. The minimum Gasteiger partial charge on any atom is -0.333 e. The maximum atomic E-state index is 13.5. The first kappa shape index (κ1) is 17.3. The zero-order valence-electron chi connectivity index (χ0n) is 12.2. The van der Waals surface area contributed by atoms with Gasteiger partial charge < -0.3 is 10.6 Å². The van der Waals surface area contributed by atoms with E-state index in [2.05, 4.69) is 5.32 Å². The van der Waals surface area contributed by atoms with Crippen LogP contribution in [0.1, 0.15) is 12.5 Å². The predicted octanol–water partition coefficient (Wildman–Crippen LogP) is 2.85. The second-order valence-electron chi connectivity index (χ2n) is 5.07. The maximum absolute atomic E-state index is 13.5. The van der Waals surface area contributed by atoms with Crippen LogP contribution in [0.25, 0.3) is 0 Å². The normalized spacial score (nSPS) is 12.0. The molecule has 122 valence electrons. The van der Waals surface area contributed by atoms with Gasteiger partial charge in [0.2, 0.25) is 0 Å². The lowest BCUT2D eigenvalue weighted by Crippen LogP contribution is -2.90. The van der Waals surface area contributed by atoms with Gasteiger partial charge in [0.25, 0.3) is 5.91 Å². The summed E-state index contributed by atoms with van der Waals surface area (Å²) in [5, 5.41) is 4.56. The third-order valence-electron chi connectivity index (χ3n) is 3.30. The minimum atomic E-state index is -1.61. The highest BCUT2D eigenvalue weighted by atomic mass is 35.5. The van der Waals surface area contributed by atoms with E-state index in [1.807, 2.05) is 6.07 Å². The van der Waals surface area contributed by atoms with Gasteiger partial charge in [-0.3, -0.25) is 4.79 Å². The highest BCUT2D eigenvalue weighted by Gasteiger charge is 2.20. The number of amides is 1. The highest BCUT2D eigenvalue weighted by Crippen LogP contribution is 2.19. The lowest BCUT2D eigenvalue weighted by molar-refractivity contribution is -0.688. The first-order valence-corrected chi connectivity index (χ1v) is 7.28. The summed E-state index contributed by atoms with van der Waals surface area (Å²) in [6.45, 7) is 2.12. The molecule has 0 saturated heterocycles. The number of halogens is 4. The first-order valence-electron chi connectivity index (χ1n) is 6.90. The second kappa shape index (κ2) is 7.48. The minimum absolute atomic E-state index is 0.392. The fourth-order valence-electron chi connectivity index (χ4n) is 1.95. The summed E-state index contributed by atoms with van der Waals surface area (Å²) in [4.78, 5) is 12.0. The number of carbonyl (C=O) groups excluding carboxylic acids is 1. The van der Waals surface area contributed by atoms with Crippen molar-refractivity contribution in [2.75, 3.05) is 5.32 Å². The summed E-state index contributed by atoms with van der Waals surface area (Å²) in [6, 6.07) is 8.37. The van der Waals surface area contributed by atoms with E-state index in [1.165, 1.54) is 0 Å². The topological polar surface area (TPSA) is 45.7 Å². The summed E-state index contributed by atoms with van der Waals surface area (Å²) >= 11 is 5.87. The van der Waals surface area contributed by atoms with Gasteiger partial charge in [0, 0.05) is 10.6 Å². The molecule has 2 aromatic carbocycles. The fraction of sp³-hybridized carbons (Fsp3) is 0.188. The average Bonchev–Trinajstić information content (AvgIpc) is 2.53. The first-order chi connectivity index (χ1) is 10.9. The molecule has 0 bridgehead atoms. The average molecular weight is 344 g/mol. The van der Waals surface area contributed by atoms with Gasteiger partial charge in [0.15, 0.2) is 23.5 Å². The molecule has 0 fully saturated rings. The molecule has 3 N–H and O–H groups in total. The molecular formula is C16H15ClF3N2O+. The molecule has 7 heteroatoms. The smallest absolute Gasteiger partial charge is 0.282 e. The van der Waals surface area contributed by atoms with E-state index in [4.69, 9.17) is 11.6 Å². The zero-order chi connectivity index (χ0) is 17.0. The number of hydrogen-bond acceptors (Lipinski definition) is 1. The van der Waals surface area contributed by atoms with Crippen LogP contribution in [0.2, 0.25) is 5.02 Å². The van der Waals surface area contributed by atoms with Crippen molar-refractivity contribution in [1.29, 1.82) is 0 Å². The Bertz CT molecular complexity index is 724. The Morgan fingerprint density at radius 2 is 1.96 bits per heavy atom. The van der Waals surface area contributed by atoms with Crippen LogP contribution in [0.15, 0.2) is 36.4 Å². The monoisotopic (exact) mass is 343 g/mol. The molecule has 1 amide bonds. The third-order valence-corrected chi connectivity index (χ3v) is 3.54. The van der Waals surface area contributed by atoms with Crippen molar-refractivity contribution in [3.8, 4) is 0 Å². The Kier molecular flexibility index (Phi) is 5.63. The molecule has 3 nitrogen and oxygen atoms in total. The molecule has 2 rings (SSSR count).